The summed E-state index contributed by atoms with van der Waals surface area (Å²) in [6.07, 6.45) is 0.739. The maximum Gasteiger partial charge on any atom is 0.347 e. The lowest BCUT2D eigenvalue weighted by Gasteiger charge is -2.14. The van der Waals surface area contributed by atoms with Gasteiger partial charge in [0.1, 0.15) is 5.75 Å². The maximum absolute atomic E-state index is 12.1. The molecule has 0 saturated heterocycles. The molecule has 0 aliphatic heterocycles. The maximum atomic E-state index is 12.1. The van der Waals surface area contributed by atoms with E-state index in [0.717, 1.165) is 5.56 Å². The Morgan fingerprint density at radius 1 is 1.19 bits per heavy atom. The minimum Gasteiger partial charge on any atom is -0.477 e. The van der Waals surface area contributed by atoms with Crippen LogP contribution in [0.25, 0.3) is 11.3 Å². The summed E-state index contributed by atoms with van der Waals surface area (Å²) in [6.45, 7) is 1.48. The van der Waals surface area contributed by atoms with Gasteiger partial charge in [-0.2, -0.15) is 0 Å². The third kappa shape index (κ3) is 4.56. The Labute approximate surface area is 160 Å². The number of nitrogens with zero attached hydrogens (tertiary/aromatic N) is 1. The minimum absolute atomic E-state index is 0.0896. The predicted octanol–water partition coefficient (Wildman–Crippen LogP) is 5.16. The lowest BCUT2D eigenvalue weighted by molar-refractivity contribution is -0.153. The summed E-state index contributed by atoms with van der Waals surface area (Å²) < 4.78 is 16.3. The molecule has 1 aromatic heterocycles. The average molecular weight is 392 g/mol. The molecule has 5 nitrogen and oxygen atoms in total. The molecule has 0 spiro atoms. The molecular weight excluding hydrogens is 377 g/mol. The standard InChI is InChI=1S/C19H15Cl2NO4/c1-12(25-16-8-7-14(20)9-15(16)21)19(23)24-11-18-22-10-17(26-18)13-5-3-2-4-6-13/h2-10,12H,11H2,1H3/t12-/m0/s1. The SMILES string of the molecule is C[C@H](Oc1ccc(Cl)cc1Cl)C(=O)OCc1ncc(-c2ccccc2)o1. The van der Waals surface area contributed by atoms with Gasteiger partial charge < -0.3 is 13.9 Å². The van der Waals surface area contributed by atoms with E-state index >= 15 is 0 Å². The third-order valence-corrected chi connectivity index (χ3v) is 4.01. The largest absolute Gasteiger partial charge is 0.477 e. The molecule has 0 fully saturated rings. The molecule has 0 bridgehead atoms. The van der Waals surface area contributed by atoms with E-state index in [9.17, 15) is 4.79 Å². The summed E-state index contributed by atoms with van der Waals surface area (Å²) in [5.41, 5.74) is 0.895. The highest BCUT2D eigenvalue weighted by atomic mass is 35.5. The van der Waals surface area contributed by atoms with Crippen molar-refractivity contribution in [3.63, 3.8) is 0 Å². The number of hydrogen-bond donors (Lipinski definition) is 0. The van der Waals surface area contributed by atoms with Gasteiger partial charge in [0.05, 0.1) is 11.2 Å². The Morgan fingerprint density at radius 2 is 1.96 bits per heavy atom. The zero-order chi connectivity index (χ0) is 18.5. The van der Waals surface area contributed by atoms with Crippen LogP contribution in [0.3, 0.4) is 0 Å². The Hall–Kier alpha value is -2.50. The molecule has 0 aliphatic rings. The first-order chi connectivity index (χ1) is 12.5. The number of carbonyl (C=O) groups is 1. The predicted molar refractivity (Wildman–Crippen MR) is 98.3 cm³/mol. The number of esters is 1. The summed E-state index contributed by atoms with van der Waals surface area (Å²) in [5, 5.41) is 0.799. The van der Waals surface area contributed by atoms with Gasteiger partial charge in [0.2, 0.25) is 5.89 Å². The van der Waals surface area contributed by atoms with Crippen LogP contribution < -0.4 is 4.74 Å². The molecule has 0 aliphatic carbocycles. The molecule has 0 unspecified atom stereocenters. The van der Waals surface area contributed by atoms with E-state index in [0.29, 0.717) is 27.4 Å². The second-order valence-corrected chi connectivity index (χ2v) is 6.27. The molecule has 3 rings (SSSR count). The normalized spacial score (nSPS) is 11.8. The van der Waals surface area contributed by atoms with Crippen LogP contribution in [0.1, 0.15) is 12.8 Å². The molecule has 134 valence electrons. The van der Waals surface area contributed by atoms with Crippen molar-refractivity contribution in [2.24, 2.45) is 0 Å². The average Bonchev–Trinajstić information content (AvgIpc) is 3.11. The topological polar surface area (TPSA) is 61.6 Å². The van der Waals surface area contributed by atoms with E-state index < -0.39 is 12.1 Å². The van der Waals surface area contributed by atoms with E-state index in [1.807, 2.05) is 30.3 Å². The number of ether oxygens (including phenoxy) is 2. The van der Waals surface area contributed by atoms with E-state index in [1.165, 1.54) is 6.07 Å². The van der Waals surface area contributed by atoms with Crippen LogP contribution in [-0.4, -0.2) is 17.1 Å². The molecule has 0 N–H and O–H groups in total. The first-order valence-corrected chi connectivity index (χ1v) is 8.57. The minimum atomic E-state index is -0.850. The van der Waals surface area contributed by atoms with Gasteiger partial charge >= 0.3 is 5.97 Å². The molecule has 7 heteroatoms. The van der Waals surface area contributed by atoms with Gasteiger partial charge in [-0.25, -0.2) is 9.78 Å². The van der Waals surface area contributed by atoms with Crippen molar-refractivity contribution in [2.75, 3.05) is 0 Å². The van der Waals surface area contributed by atoms with Gasteiger partial charge in [-0.1, -0.05) is 53.5 Å². The highest BCUT2D eigenvalue weighted by Gasteiger charge is 2.19. The number of halogens is 2. The smallest absolute Gasteiger partial charge is 0.347 e. The molecule has 3 aromatic rings. The van der Waals surface area contributed by atoms with Crippen LogP contribution in [0, 0.1) is 0 Å². The van der Waals surface area contributed by atoms with E-state index in [1.54, 1.807) is 25.3 Å². The van der Waals surface area contributed by atoms with Crippen molar-refractivity contribution >= 4 is 29.2 Å². The molecule has 0 amide bonds. The second-order valence-electron chi connectivity index (χ2n) is 5.43. The van der Waals surface area contributed by atoms with Crippen LogP contribution >= 0.6 is 23.2 Å². The highest BCUT2D eigenvalue weighted by Crippen LogP contribution is 2.28. The van der Waals surface area contributed by atoms with Crippen molar-refractivity contribution in [2.45, 2.75) is 19.6 Å². The van der Waals surface area contributed by atoms with E-state index in [2.05, 4.69) is 4.98 Å². The molecule has 0 radical (unpaired) electrons. The van der Waals surface area contributed by atoms with Crippen molar-refractivity contribution < 1.29 is 18.7 Å². The van der Waals surface area contributed by atoms with Crippen LogP contribution in [-0.2, 0) is 16.1 Å². The summed E-state index contributed by atoms with van der Waals surface area (Å²) >= 11 is 11.9. The Bertz CT molecular complexity index is 896. The zero-order valence-corrected chi connectivity index (χ0v) is 15.3. The number of oxazole rings is 1. The lowest BCUT2D eigenvalue weighted by Crippen LogP contribution is -2.26. The molecule has 1 atom stereocenters. The molecular formula is C19H15Cl2NO4. The van der Waals surface area contributed by atoms with E-state index in [4.69, 9.17) is 37.1 Å². The van der Waals surface area contributed by atoms with Crippen LogP contribution in [0.5, 0.6) is 5.75 Å². The fraction of sp³-hybridized carbons (Fsp3) is 0.158. The van der Waals surface area contributed by atoms with Crippen LogP contribution in [0.2, 0.25) is 10.0 Å². The fourth-order valence-corrected chi connectivity index (χ4v) is 2.63. The summed E-state index contributed by atoms with van der Waals surface area (Å²) in [5.74, 6) is 0.696. The Balaban J connectivity index is 1.56. The number of hydrogen-bond acceptors (Lipinski definition) is 5. The van der Waals surface area contributed by atoms with E-state index in [-0.39, 0.29) is 6.61 Å². The summed E-state index contributed by atoms with van der Waals surface area (Å²) in [7, 11) is 0. The summed E-state index contributed by atoms with van der Waals surface area (Å²) in [6, 6.07) is 14.3. The number of benzene rings is 2. The van der Waals surface area contributed by atoms with Gasteiger partial charge in [-0.15, -0.1) is 0 Å². The van der Waals surface area contributed by atoms with Crippen molar-refractivity contribution in [1.82, 2.24) is 4.98 Å². The lowest BCUT2D eigenvalue weighted by atomic mass is 10.2. The third-order valence-electron chi connectivity index (χ3n) is 3.48. The number of carbonyl (C=O) groups excluding carboxylic acids is 1. The number of rotatable bonds is 6. The Morgan fingerprint density at radius 3 is 2.69 bits per heavy atom. The molecule has 2 aromatic carbocycles. The van der Waals surface area contributed by atoms with Crippen molar-refractivity contribution in [3.05, 3.63) is 70.7 Å². The fourth-order valence-electron chi connectivity index (χ4n) is 2.17. The van der Waals surface area contributed by atoms with Gasteiger partial charge in [-0.05, 0) is 25.1 Å². The molecule has 1 heterocycles. The molecule has 0 saturated carbocycles. The summed E-state index contributed by atoms with van der Waals surface area (Å²) in [4.78, 5) is 16.2. The van der Waals surface area contributed by atoms with Crippen LogP contribution in [0.15, 0.2) is 59.1 Å². The Kier molecular flexibility index (Phi) is 5.81. The quantitative estimate of drug-likeness (QED) is 0.543. The van der Waals surface area contributed by atoms with Gasteiger partial charge in [0.25, 0.3) is 0 Å². The monoisotopic (exact) mass is 391 g/mol. The van der Waals surface area contributed by atoms with Crippen LogP contribution in [0.4, 0.5) is 0 Å². The van der Waals surface area contributed by atoms with Gasteiger partial charge in [0.15, 0.2) is 18.5 Å². The first kappa shape index (κ1) is 18.3. The van der Waals surface area contributed by atoms with Gasteiger partial charge in [0, 0.05) is 10.6 Å². The number of aromatic nitrogens is 1. The van der Waals surface area contributed by atoms with Crippen molar-refractivity contribution in [3.8, 4) is 17.1 Å². The zero-order valence-electron chi connectivity index (χ0n) is 13.8. The molecule has 26 heavy (non-hydrogen) atoms. The van der Waals surface area contributed by atoms with Gasteiger partial charge in [-0.3, -0.25) is 0 Å². The second kappa shape index (κ2) is 8.25. The highest BCUT2D eigenvalue weighted by molar-refractivity contribution is 6.35. The first-order valence-electron chi connectivity index (χ1n) is 7.81. The van der Waals surface area contributed by atoms with Crippen molar-refractivity contribution in [1.29, 1.82) is 0 Å².